The second kappa shape index (κ2) is 10.1. The first-order chi connectivity index (χ1) is 18.0. The molecule has 0 unspecified atom stereocenters. The van der Waals surface area contributed by atoms with E-state index in [9.17, 15) is 4.39 Å². The normalized spacial score (nSPS) is 13.6. The summed E-state index contributed by atoms with van der Waals surface area (Å²) < 4.78 is 14.6. The molecule has 0 atom stereocenters. The summed E-state index contributed by atoms with van der Waals surface area (Å²) in [5.41, 5.74) is 11.9. The number of H-pyrrole nitrogens is 1. The summed E-state index contributed by atoms with van der Waals surface area (Å²) in [6.07, 6.45) is 7.52. The van der Waals surface area contributed by atoms with Crippen LogP contribution in [-0.4, -0.2) is 34.7 Å². The summed E-state index contributed by atoms with van der Waals surface area (Å²) in [7, 11) is 4.02. The standard InChI is InChI=1S/C30H29FN6/c1-5-32-16-20(13-19(2)37(3)4)21-14-25-29(33-17-21)18-34-36-30(25)28-15-24-22(10-8-12-27(24)35-28)23-9-6-7-11-26(23)31/h5-17,32,34-35H,1,18H2,2-4H3/b19-13+,20-16+. The van der Waals surface area contributed by atoms with E-state index in [0.717, 1.165) is 56.0 Å². The van der Waals surface area contributed by atoms with Crippen molar-refractivity contribution in [2.24, 2.45) is 5.10 Å². The number of hydrazone groups is 1. The van der Waals surface area contributed by atoms with Gasteiger partial charge in [0.1, 0.15) is 11.5 Å². The third-order valence-corrected chi connectivity index (χ3v) is 6.51. The lowest BCUT2D eigenvalue weighted by atomic mass is 9.98. The Morgan fingerprint density at radius 1 is 1.08 bits per heavy atom. The van der Waals surface area contributed by atoms with Gasteiger partial charge < -0.3 is 20.6 Å². The van der Waals surface area contributed by atoms with E-state index < -0.39 is 0 Å². The highest BCUT2D eigenvalue weighted by molar-refractivity contribution is 6.15. The summed E-state index contributed by atoms with van der Waals surface area (Å²) in [4.78, 5) is 10.3. The van der Waals surface area contributed by atoms with E-state index in [-0.39, 0.29) is 5.82 Å². The molecule has 3 N–H and O–H groups in total. The van der Waals surface area contributed by atoms with E-state index in [4.69, 9.17) is 4.98 Å². The Bertz CT molecular complexity index is 1570. The third-order valence-electron chi connectivity index (χ3n) is 6.51. The molecule has 0 aliphatic carbocycles. The molecule has 0 bridgehead atoms. The highest BCUT2D eigenvalue weighted by Crippen LogP contribution is 2.32. The number of nitrogens with one attached hydrogen (secondary N) is 3. The smallest absolute Gasteiger partial charge is 0.131 e. The van der Waals surface area contributed by atoms with Crippen LogP contribution in [0.3, 0.4) is 0 Å². The Hall–Kier alpha value is -4.65. The van der Waals surface area contributed by atoms with Gasteiger partial charge in [-0.15, -0.1) is 0 Å². The van der Waals surface area contributed by atoms with Crippen molar-refractivity contribution in [2.45, 2.75) is 13.5 Å². The van der Waals surface area contributed by atoms with Crippen molar-refractivity contribution in [3.05, 3.63) is 120 Å². The van der Waals surface area contributed by atoms with Gasteiger partial charge in [-0.25, -0.2) is 4.39 Å². The van der Waals surface area contributed by atoms with Gasteiger partial charge in [0.2, 0.25) is 0 Å². The van der Waals surface area contributed by atoms with Crippen molar-refractivity contribution < 1.29 is 4.39 Å². The van der Waals surface area contributed by atoms with Crippen molar-refractivity contribution in [2.75, 3.05) is 14.1 Å². The zero-order chi connectivity index (χ0) is 25.9. The number of rotatable bonds is 7. The van der Waals surface area contributed by atoms with Crippen LogP contribution >= 0.6 is 0 Å². The largest absolute Gasteiger partial charge is 0.381 e. The lowest BCUT2D eigenvalue weighted by Gasteiger charge is -2.18. The van der Waals surface area contributed by atoms with E-state index in [0.29, 0.717) is 12.1 Å². The summed E-state index contributed by atoms with van der Waals surface area (Å²) in [5, 5.41) is 8.68. The molecule has 1 aliphatic heterocycles. The number of benzene rings is 2. The second-order valence-corrected chi connectivity index (χ2v) is 9.09. The zero-order valence-electron chi connectivity index (χ0n) is 21.1. The minimum Gasteiger partial charge on any atom is -0.381 e. The SMILES string of the molecule is C=CN/C=C(\C=C(/C)N(C)C)c1cnc2c(c1)C(c1cc3c(-c4ccccc4F)cccc3[nH]1)=NNC2. The number of aromatic nitrogens is 2. The number of aromatic amines is 1. The fraction of sp³-hybridized carbons (Fsp3) is 0.133. The molecule has 6 nitrogen and oxygen atoms in total. The van der Waals surface area contributed by atoms with E-state index in [1.54, 1.807) is 18.3 Å². The number of pyridine rings is 1. The van der Waals surface area contributed by atoms with Gasteiger partial charge in [-0.2, -0.15) is 5.10 Å². The Morgan fingerprint density at radius 2 is 1.89 bits per heavy atom. The van der Waals surface area contributed by atoms with Crippen molar-refractivity contribution in [1.82, 2.24) is 25.6 Å². The second-order valence-electron chi connectivity index (χ2n) is 9.09. The minimum absolute atomic E-state index is 0.248. The van der Waals surface area contributed by atoms with Crippen molar-refractivity contribution in [1.29, 1.82) is 0 Å². The van der Waals surface area contributed by atoms with Crippen LogP contribution in [0.15, 0.2) is 96.6 Å². The molecule has 0 saturated carbocycles. The van der Waals surface area contributed by atoms with Crippen LogP contribution in [0.2, 0.25) is 0 Å². The molecular formula is C30H29FN6. The van der Waals surface area contributed by atoms with Crippen LogP contribution in [0.4, 0.5) is 4.39 Å². The van der Waals surface area contributed by atoms with Crippen molar-refractivity contribution >= 4 is 22.2 Å². The van der Waals surface area contributed by atoms with E-state index in [1.807, 2.05) is 56.8 Å². The highest BCUT2D eigenvalue weighted by atomic mass is 19.1. The summed E-state index contributed by atoms with van der Waals surface area (Å²) >= 11 is 0. The Balaban J connectivity index is 1.60. The van der Waals surface area contributed by atoms with Crippen LogP contribution in [0.1, 0.15) is 29.4 Å². The molecule has 186 valence electrons. The van der Waals surface area contributed by atoms with Crippen molar-refractivity contribution in [3.8, 4) is 11.1 Å². The van der Waals surface area contributed by atoms with E-state index in [2.05, 4.69) is 51.4 Å². The maximum absolute atomic E-state index is 14.6. The first-order valence-corrected chi connectivity index (χ1v) is 12.1. The zero-order valence-corrected chi connectivity index (χ0v) is 21.1. The predicted molar refractivity (Wildman–Crippen MR) is 149 cm³/mol. The molecular weight excluding hydrogens is 463 g/mol. The van der Waals surface area contributed by atoms with Crippen LogP contribution < -0.4 is 10.7 Å². The van der Waals surface area contributed by atoms with Crippen LogP contribution in [0.25, 0.3) is 27.6 Å². The molecule has 0 amide bonds. The Morgan fingerprint density at radius 3 is 2.68 bits per heavy atom. The van der Waals surface area contributed by atoms with Gasteiger partial charge in [0.15, 0.2) is 0 Å². The van der Waals surface area contributed by atoms with Gasteiger partial charge in [0.05, 0.1) is 17.9 Å². The van der Waals surface area contributed by atoms with Gasteiger partial charge in [0, 0.05) is 65.4 Å². The summed E-state index contributed by atoms with van der Waals surface area (Å²) in [6.45, 7) is 6.36. The van der Waals surface area contributed by atoms with Gasteiger partial charge in [-0.05, 0) is 49.0 Å². The molecule has 0 spiro atoms. The van der Waals surface area contributed by atoms with Gasteiger partial charge in [0.25, 0.3) is 0 Å². The van der Waals surface area contributed by atoms with E-state index in [1.165, 1.54) is 6.07 Å². The molecule has 1 aliphatic rings. The van der Waals surface area contributed by atoms with Crippen LogP contribution in [0, 0.1) is 5.82 Å². The van der Waals surface area contributed by atoms with Crippen LogP contribution in [-0.2, 0) is 6.54 Å². The fourth-order valence-corrected chi connectivity index (χ4v) is 4.36. The number of hydrogen-bond donors (Lipinski definition) is 3. The molecule has 0 radical (unpaired) electrons. The maximum Gasteiger partial charge on any atom is 0.131 e. The Kier molecular flexibility index (Phi) is 6.60. The first-order valence-electron chi connectivity index (χ1n) is 12.1. The quantitative estimate of drug-likeness (QED) is 0.287. The topological polar surface area (TPSA) is 68.3 Å². The minimum atomic E-state index is -0.248. The first kappa shape index (κ1) is 24.1. The molecule has 37 heavy (non-hydrogen) atoms. The maximum atomic E-state index is 14.6. The van der Waals surface area contributed by atoms with E-state index >= 15 is 0 Å². The lowest BCUT2D eigenvalue weighted by molar-refractivity contribution is 0.514. The van der Waals surface area contributed by atoms with Gasteiger partial charge in [-0.3, -0.25) is 4.98 Å². The predicted octanol–water partition coefficient (Wildman–Crippen LogP) is 5.76. The number of allylic oxidation sites excluding steroid dienone is 3. The molecule has 2 aromatic carbocycles. The average molecular weight is 493 g/mol. The third kappa shape index (κ3) is 4.76. The highest BCUT2D eigenvalue weighted by Gasteiger charge is 2.21. The Labute approximate surface area is 215 Å². The number of halogens is 1. The summed E-state index contributed by atoms with van der Waals surface area (Å²) in [5.74, 6) is -0.248. The number of nitrogens with zero attached hydrogens (tertiary/aromatic N) is 3. The number of fused-ring (bicyclic) bond motifs is 2. The monoisotopic (exact) mass is 492 g/mol. The number of hydrogen-bond acceptors (Lipinski definition) is 5. The molecule has 0 saturated heterocycles. The fourth-order valence-electron chi connectivity index (χ4n) is 4.36. The molecule has 4 aromatic rings. The summed E-state index contributed by atoms with van der Waals surface area (Å²) in [6, 6.07) is 16.8. The molecule has 3 heterocycles. The van der Waals surface area contributed by atoms with Gasteiger partial charge >= 0.3 is 0 Å². The lowest BCUT2D eigenvalue weighted by Crippen LogP contribution is -2.23. The molecule has 0 fully saturated rings. The van der Waals surface area contributed by atoms with Crippen molar-refractivity contribution in [3.63, 3.8) is 0 Å². The molecule has 7 heteroatoms. The molecule has 2 aromatic heterocycles. The molecule has 5 rings (SSSR count). The average Bonchev–Trinajstić information content (AvgIpc) is 3.35. The van der Waals surface area contributed by atoms with Crippen LogP contribution in [0.5, 0.6) is 0 Å². The van der Waals surface area contributed by atoms with Gasteiger partial charge in [-0.1, -0.05) is 36.9 Å².